The molecule has 0 saturated carbocycles. The molecule has 1 aliphatic heterocycles. The SMILES string of the molecule is CCN(CCCCCCCCCCCCc1cccc(C(F)(F)F)c1)CCCCCCCCCCCCN1C(=O)N(c2cccc(C(F)(F)F)c2)C(C)=C(C(=O)OCCO)C1c1ccc(C#N)cc1. The number of esters is 1. The van der Waals surface area contributed by atoms with E-state index >= 15 is 0 Å². The Bertz CT molecular complexity index is 2070. The smallest absolute Gasteiger partial charge is 0.416 e. The summed E-state index contributed by atoms with van der Waals surface area (Å²) < 4.78 is 85.6. The van der Waals surface area contributed by atoms with E-state index < -0.39 is 48.1 Å². The topological polar surface area (TPSA) is 97.1 Å². The summed E-state index contributed by atoms with van der Waals surface area (Å²) in [5.74, 6) is -0.802. The van der Waals surface area contributed by atoms with Crippen LogP contribution < -0.4 is 4.90 Å². The van der Waals surface area contributed by atoms with Gasteiger partial charge in [-0.05, 0) is 106 Å². The molecule has 0 saturated heterocycles. The minimum atomic E-state index is -4.65. The molecule has 69 heavy (non-hydrogen) atoms. The van der Waals surface area contributed by atoms with E-state index in [1.807, 2.05) is 0 Å². The number of carbonyl (C=O) groups excluding carboxylic acids is 2. The number of amides is 2. The van der Waals surface area contributed by atoms with Crippen LogP contribution in [-0.4, -0.2) is 66.3 Å². The average molecular weight is 969 g/mol. The van der Waals surface area contributed by atoms with Crippen LogP contribution >= 0.6 is 0 Å². The molecule has 3 aromatic rings. The molecule has 14 heteroatoms. The van der Waals surface area contributed by atoms with Crippen LogP contribution in [0, 0.1) is 11.3 Å². The number of nitriles is 1. The summed E-state index contributed by atoms with van der Waals surface area (Å²) in [5, 5.41) is 18.8. The maximum Gasteiger partial charge on any atom is 0.416 e. The van der Waals surface area contributed by atoms with Crippen molar-refractivity contribution in [2.75, 3.05) is 44.3 Å². The summed E-state index contributed by atoms with van der Waals surface area (Å²) in [5.41, 5.74) is 0.339. The predicted molar refractivity (Wildman–Crippen MR) is 260 cm³/mol. The first-order valence-corrected chi connectivity index (χ1v) is 25.3. The van der Waals surface area contributed by atoms with Crippen molar-refractivity contribution in [3.8, 4) is 6.07 Å². The van der Waals surface area contributed by atoms with Crippen molar-refractivity contribution in [3.63, 3.8) is 0 Å². The Kier molecular flexibility index (Phi) is 24.7. The summed E-state index contributed by atoms with van der Waals surface area (Å²) in [4.78, 5) is 33.3. The van der Waals surface area contributed by atoms with Gasteiger partial charge in [-0.15, -0.1) is 0 Å². The van der Waals surface area contributed by atoms with Gasteiger partial charge < -0.3 is 19.6 Å². The Morgan fingerprint density at radius 2 is 1.19 bits per heavy atom. The number of urea groups is 1. The summed E-state index contributed by atoms with van der Waals surface area (Å²) in [6.45, 7) is 6.57. The lowest BCUT2D eigenvalue weighted by atomic mass is 9.91. The van der Waals surface area contributed by atoms with Gasteiger partial charge in [-0.25, -0.2) is 9.59 Å². The molecule has 1 aliphatic rings. The lowest BCUT2D eigenvalue weighted by molar-refractivity contribution is -0.141. The molecule has 1 heterocycles. The zero-order chi connectivity index (χ0) is 50.1. The van der Waals surface area contributed by atoms with Crippen molar-refractivity contribution in [1.29, 1.82) is 5.26 Å². The van der Waals surface area contributed by atoms with Gasteiger partial charge in [0.05, 0.1) is 46.7 Å². The number of aryl methyl sites for hydroxylation is 1. The number of halogens is 6. The number of carbonyl (C=O) groups is 2. The largest absolute Gasteiger partial charge is 0.460 e. The van der Waals surface area contributed by atoms with Crippen molar-refractivity contribution in [2.24, 2.45) is 0 Å². The minimum absolute atomic E-state index is 0.0398. The van der Waals surface area contributed by atoms with Gasteiger partial charge in [0, 0.05) is 12.2 Å². The number of aliphatic hydroxyl groups is 1. The third-order valence-corrected chi connectivity index (χ3v) is 13.1. The van der Waals surface area contributed by atoms with Gasteiger partial charge in [-0.1, -0.05) is 146 Å². The first-order valence-electron chi connectivity index (χ1n) is 25.3. The number of benzene rings is 3. The molecule has 4 rings (SSSR count). The van der Waals surface area contributed by atoms with E-state index in [9.17, 15) is 46.3 Å². The predicted octanol–water partition coefficient (Wildman–Crippen LogP) is 14.8. The number of anilines is 1. The van der Waals surface area contributed by atoms with Gasteiger partial charge in [0.15, 0.2) is 0 Å². The standard InChI is InChI=1S/C55H74F6N4O4/c1-3-63(35-21-17-13-9-5-4-8-12-16-20-26-44-27-24-28-47(40-44)54(56,57)58)36-22-18-14-10-6-7-11-15-19-23-37-64-51(46-33-31-45(42-62)32-34-46)50(52(67)69-39-38-66)43(2)65(53(64)68)49-30-25-29-48(41-49)55(59,60)61/h24-25,27-34,40-41,51,66H,3-23,26,35-39H2,1-2H3. The lowest BCUT2D eigenvalue weighted by Crippen LogP contribution is -2.51. The highest BCUT2D eigenvalue weighted by Crippen LogP contribution is 2.42. The maximum atomic E-state index is 14.4. The molecule has 1 N–H and O–H groups in total. The van der Waals surface area contributed by atoms with Gasteiger partial charge in [-0.2, -0.15) is 31.6 Å². The summed E-state index contributed by atoms with van der Waals surface area (Å²) in [6, 6.07) is 17.2. The highest BCUT2D eigenvalue weighted by atomic mass is 19.4. The fraction of sp³-hybridized carbons (Fsp3) is 0.582. The average Bonchev–Trinajstić information content (AvgIpc) is 3.33. The Morgan fingerprint density at radius 3 is 1.70 bits per heavy atom. The Labute approximate surface area is 406 Å². The Balaban J connectivity index is 1.11. The van der Waals surface area contributed by atoms with Gasteiger partial charge in [-0.3, -0.25) is 4.90 Å². The zero-order valence-electron chi connectivity index (χ0n) is 40.8. The van der Waals surface area contributed by atoms with Crippen LogP contribution in [0.3, 0.4) is 0 Å². The molecule has 2 amide bonds. The number of unbranched alkanes of at least 4 members (excludes halogenated alkanes) is 18. The van der Waals surface area contributed by atoms with Crippen LogP contribution in [0.5, 0.6) is 0 Å². The molecule has 0 bridgehead atoms. The Morgan fingerprint density at radius 1 is 0.696 bits per heavy atom. The molecule has 380 valence electrons. The van der Waals surface area contributed by atoms with Crippen LogP contribution in [-0.2, 0) is 28.3 Å². The molecule has 1 unspecified atom stereocenters. The normalized spacial score (nSPS) is 14.5. The number of allylic oxidation sites excluding steroid dienone is 1. The number of hydrogen-bond donors (Lipinski definition) is 1. The molecule has 0 fully saturated rings. The van der Waals surface area contributed by atoms with Crippen molar-refractivity contribution >= 4 is 17.7 Å². The van der Waals surface area contributed by atoms with Crippen LogP contribution in [0.15, 0.2) is 84.1 Å². The van der Waals surface area contributed by atoms with E-state index in [4.69, 9.17) is 4.74 Å². The third kappa shape index (κ3) is 19.1. The van der Waals surface area contributed by atoms with E-state index in [0.717, 1.165) is 99.7 Å². The summed E-state index contributed by atoms with van der Waals surface area (Å²) in [7, 11) is 0. The minimum Gasteiger partial charge on any atom is -0.460 e. The van der Waals surface area contributed by atoms with Crippen molar-refractivity contribution in [1.82, 2.24) is 9.80 Å². The van der Waals surface area contributed by atoms with E-state index in [1.165, 1.54) is 107 Å². The van der Waals surface area contributed by atoms with E-state index in [0.29, 0.717) is 24.0 Å². The quantitative estimate of drug-likeness (QED) is 0.0380. The first kappa shape index (κ1) is 56.7. The second-order valence-corrected chi connectivity index (χ2v) is 18.3. The molecule has 0 aliphatic carbocycles. The second-order valence-electron chi connectivity index (χ2n) is 18.3. The number of aliphatic hydroxyl groups excluding tert-OH is 1. The second kappa shape index (κ2) is 30.0. The monoisotopic (exact) mass is 969 g/mol. The fourth-order valence-electron chi connectivity index (χ4n) is 9.21. The first-order chi connectivity index (χ1) is 33.2. The highest BCUT2D eigenvalue weighted by molar-refractivity contribution is 6.03. The fourth-order valence-corrected chi connectivity index (χ4v) is 9.21. The van der Waals surface area contributed by atoms with Gasteiger partial charge in [0.25, 0.3) is 0 Å². The van der Waals surface area contributed by atoms with Gasteiger partial charge in [0.1, 0.15) is 6.61 Å². The molecule has 0 aromatic heterocycles. The van der Waals surface area contributed by atoms with Crippen LogP contribution in [0.2, 0.25) is 0 Å². The van der Waals surface area contributed by atoms with Crippen LogP contribution in [0.1, 0.15) is 176 Å². The number of hydrogen-bond acceptors (Lipinski definition) is 6. The van der Waals surface area contributed by atoms with Crippen molar-refractivity contribution in [3.05, 3.63) is 112 Å². The number of ether oxygens (including phenoxy) is 1. The highest BCUT2D eigenvalue weighted by Gasteiger charge is 2.43. The van der Waals surface area contributed by atoms with Crippen molar-refractivity contribution in [2.45, 2.75) is 167 Å². The van der Waals surface area contributed by atoms with Gasteiger partial charge in [0.2, 0.25) is 0 Å². The van der Waals surface area contributed by atoms with Crippen LogP contribution in [0.4, 0.5) is 36.8 Å². The number of rotatable bonds is 32. The molecule has 0 radical (unpaired) electrons. The zero-order valence-corrected chi connectivity index (χ0v) is 40.8. The van der Waals surface area contributed by atoms with Crippen molar-refractivity contribution < 1.29 is 45.8 Å². The van der Waals surface area contributed by atoms with E-state index in [-0.39, 0.29) is 30.1 Å². The summed E-state index contributed by atoms with van der Waals surface area (Å²) in [6.07, 6.45) is 14.0. The van der Waals surface area contributed by atoms with Crippen LogP contribution in [0.25, 0.3) is 0 Å². The third-order valence-electron chi connectivity index (χ3n) is 13.1. The lowest BCUT2D eigenvalue weighted by Gasteiger charge is -2.43. The molecular weight excluding hydrogens is 895 g/mol. The number of nitrogens with zero attached hydrogens (tertiary/aromatic N) is 4. The maximum absolute atomic E-state index is 14.4. The molecule has 0 spiro atoms. The van der Waals surface area contributed by atoms with E-state index in [1.54, 1.807) is 30.3 Å². The van der Waals surface area contributed by atoms with E-state index in [2.05, 4.69) is 17.9 Å². The number of alkyl halides is 6. The summed E-state index contributed by atoms with van der Waals surface area (Å²) >= 11 is 0. The molecule has 3 aromatic carbocycles. The van der Waals surface area contributed by atoms with Gasteiger partial charge >= 0.3 is 24.4 Å². The Hall–Kier alpha value is -4.87. The molecule has 1 atom stereocenters. The molecule has 8 nitrogen and oxygen atoms in total. The molecular formula is C55H74F6N4O4.